The molecule has 0 amide bonds. The number of benzene rings is 1. The van der Waals surface area contributed by atoms with Gasteiger partial charge in [-0.25, -0.2) is 4.68 Å². The molecule has 0 spiro atoms. The number of nitrogens with one attached hydrogen (secondary N) is 2. The predicted molar refractivity (Wildman–Crippen MR) is 94.4 cm³/mol. The number of hydrogen-bond acceptors (Lipinski definition) is 4. The van der Waals surface area contributed by atoms with Crippen LogP contribution in [-0.4, -0.2) is 21.0 Å². The van der Waals surface area contributed by atoms with E-state index in [2.05, 4.69) is 38.5 Å². The quantitative estimate of drug-likeness (QED) is 0.702. The van der Waals surface area contributed by atoms with Gasteiger partial charge in [0.05, 0.1) is 17.1 Å². The molecular formula is C15H21BrN4OS. The van der Waals surface area contributed by atoms with Gasteiger partial charge in [-0.2, -0.15) is 5.10 Å². The first kappa shape index (κ1) is 17.0. The molecule has 2 N–H and O–H groups in total. The number of H-pyrrole nitrogens is 1. The maximum absolute atomic E-state index is 5.72. The van der Waals surface area contributed by atoms with E-state index in [0.29, 0.717) is 11.3 Å². The summed E-state index contributed by atoms with van der Waals surface area (Å²) in [5, 5.41) is 7.06. The zero-order valence-electron chi connectivity index (χ0n) is 13.0. The number of rotatable bonds is 7. The molecule has 1 aromatic carbocycles. The summed E-state index contributed by atoms with van der Waals surface area (Å²) < 4.78 is 9.09. The SMILES string of the molecule is CCCc1n[nH]c(=S)n1NCc1ccc(OC(C)C)c(Br)c1. The molecule has 0 saturated heterocycles. The van der Waals surface area contributed by atoms with Crippen LogP contribution in [0.2, 0.25) is 0 Å². The highest BCUT2D eigenvalue weighted by Gasteiger charge is 2.07. The second kappa shape index (κ2) is 7.78. The highest BCUT2D eigenvalue weighted by Crippen LogP contribution is 2.27. The molecule has 2 rings (SSSR count). The molecule has 0 saturated carbocycles. The summed E-state index contributed by atoms with van der Waals surface area (Å²) in [5.41, 5.74) is 4.44. The molecule has 0 bridgehead atoms. The van der Waals surface area contributed by atoms with Gasteiger partial charge in [-0.05, 0) is 66.1 Å². The lowest BCUT2D eigenvalue weighted by Gasteiger charge is -2.14. The van der Waals surface area contributed by atoms with E-state index in [-0.39, 0.29) is 6.10 Å². The van der Waals surface area contributed by atoms with E-state index in [1.807, 2.05) is 36.7 Å². The van der Waals surface area contributed by atoms with Gasteiger partial charge in [-0.1, -0.05) is 13.0 Å². The van der Waals surface area contributed by atoms with Gasteiger partial charge in [0.15, 0.2) is 5.82 Å². The minimum Gasteiger partial charge on any atom is -0.490 e. The molecule has 2 aromatic rings. The van der Waals surface area contributed by atoms with Crippen LogP contribution >= 0.6 is 28.1 Å². The monoisotopic (exact) mass is 384 g/mol. The molecule has 0 unspecified atom stereocenters. The number of ether oxygens (including phenoxy) is 1. The number of hydrogen-bond donors (Lipinski definition) is 2. The van der Waals surface area contributed by atoms with Crippen molar-refractivity contribution in [2.75, 3.05) is 5.43 Å². The van der Waals surface area contributed by atoms with E-state index in [9.17, 15) is 0 Å². The lowest BCUT2D eigenvalue weighted by Crippen LogP contribution is -2.17. The Labute approximate surface area is 144 Å². The van der Waals surface area contributed by atoms with Crippen molar-refractivity contribution in [3.05, 3.63) is 38.8 Å². The fraction of sp³-hybridized carbons (Fsp3) is 0.467. The first-order valence-corrected chi connectivity index (χ1v) is 8.56. The normalized spacial score (nSPS) is 11.0. The molecule has 0 aliphatic carbocycles. The van der Waals surface area contributed by atoms with Crippen molar-refractivity contribution in [3.8, 4) is 5.75 Å². The molecule has 120 valence electrons. The highest BCUT2D eigenvalue weighted by molar-refractivity contribution is 9.10. The lowest BCUT2D eigenvalue weighted by molar-refractivity contribution is 0.241. The Kier molecular flexibility index (Phi) is 6.02. The zero-order chi connectivity index (χ0) is 16.1. The van der Waals surface area contributed by atoms with Crippen LogP contribution in [0.5, 0.6) is 5.75 Å². The Morgan fingerprint density at radius 1 is 1.45 bits per heavy atom. The molecule has 0 atom stereocenters. The number of nitrogens with zero attached hydrogens (tertiary/aromatic N) is 2. The first-order valence-electron chi connectivity index (χ1n) is 7.36. The van der Waals surface area contributed by atoms with Crippen molar-refractivity contribution < 1.29 is 4.74 Å². The van der Waals surface area contributed by atoms with Crippen molar-refractivity contribution in [1.29, 1.82) is 0 Å². The summed E-state index contributed by atoms with van der Waals surface area (Å²) in [6, 6.07) is 6.06. The first-order chi connectivity index (χ1) is 10.5. The van der Waals surface area contributed by atoms with Crippen LogP contribution in [0.4, 0.5) is 0 Å². The highest BCUT2D eigenvalue weighted by atomic mass is 79.9. The minimum atomic E-state index is 0.154. The standard InChI is InChI=1S/C15H21BrN4OS/c1-4-5-14-18-19-15(22)20(14)17-9-11-6-7-13(12(16)8-11)21-10(2)3/h6-8,10,17H,4-5,9H2,1-3H3,(H,19,22). The molecule has 22 heavy (non-hydrogen) atoms. The number of aromatic amines is 1. The van der Waals surface area contributed by atoms with Gasteiger partial charge < -0.3 is 10.2 Å². The Hall–Kier alpha value is -1.34. The van der Waals surface area contributed by atoms with Crippen LogP contribution < -0.4 is 10.2 Å². The maximum Gasteiger partial charge on any atom is 0.214 e. The summed E-state index contributed by atoms with van der Waals surface area (Å²) >= 11 is 8.80. The molecule has 5 nitrogen and oxygen atoms in total. The largest absolute Gasteiger partial charge is 0.490 e. The number of aromatic nitrogens is 3. The minimum absolute atomic E-state index is 0.154. The van der Waals surface area contributed by atoms with Crippen LogP contribution in [0.15, 0.2) is 22.7 Å². The van der Waals surface area contributed by atoms with Crippen molar-refractivity contribution in [3.63, 3.8) is 0 Å². The van der Waals surface area contributed by atoms with Gasteiger partial charge in [0.2, 0.25) is 4.77 Å². The molecule has 1 aromatic heterocycles. The van der Waals surface area contributed by atoms with E-state index in [4.69, 9.17) is 17.0 Å². The third-order valence-electron chi connectivity index (χ3n) is 3.02. The van der Waals surface area contributed by atoms with Crippen LogP contribution in [0.3, 0.4) is 0 Å². The fourth-order valence-electron chi connectivity index (χ4n) is 2.06. The third kappa shape index (κ3) is 4.33. The van der Waals surface area contributed by atoms with Crippen molar-refractivity contribution in [2.24, 2.45) is 0 Å². The van der Waals surface area contributed by atoms with Gasteiger partial charge in [-0.15, -0.1) is 0 Å². The molecule has 1 heterocycles. The van der Waals surface area contributed by atoms with Crippen molar-refractivity contribution in [2.45, 2.75) is 46.3 Å². The average molecular weight is 385 g/mol. The summed E-state index contributed by atoms with van der Waals surface area (Å²) in [7, 11) is 0. The third-order valence-corrected chi connectivity index (χ3v) is 3.91. The Morgan fingerprint density at radius 2 is 2.23 bits per heavy atom. The fourth-order valence-corrected chi connectivity index (χ4v) is 2.79. The Morgan fingerprint density at radius 3 is 2.86 bits per heavy atom. The van der Waals surface area contributed by atoms with Crippen LogP contribution in [-0.2, 0) is 13.0 Å². The van der Waals surface area contributed by atoms with Gasteiger partial charge >= 0.3 is 0 Å². The lowest BCUT2D eigenvalue weighted by atomic mass is 10.2. The van der Waals surface area contributed by atoms with E-state index in [1.54, 1.807) is 0 Å². The van der Waals surface area contributed by atoms with Crippen LogP contribution in [0.1, 0.15) is 38.6 Å². The average Bonchev–Trinajstić information content (AvgIpc) is 2.80. The summed E-state index contributed by atoms with van der Waals surface area (Å²) in [4.78, 5) is 0. The molecule has 0 radical (unpaired) electrons. The van der Waals surface area contributed by atoms with E-state index in [1.165, 1.54) is 0 Å². The summed E-state index contributed by atoms with van der Waals surface area (Å²) in [5.74, 6) is 1.77. The molecular weight excluding hydrogens is 364 g/mol. The number of aryl methyl sites for hydroxylation is 1. The molecule has 7 heteroatoms. The van der Waals surface area contributed by atoms with Crippen LogP contribution in [0.25, 0.3) is 0 Å². The van der Waals surface area contributed by atoms with E-state index >= 15 is 0 Å². The van der Waals surface area contributed by atoms with Crippen molar-refractivity contribution >= 4 is 28.1 Å². The van der Waals surface area contributed by atoms with E-state index < -0.39 is 0 Å². The van der Waals surface area contributed by atoms with Gasteiger partial charge in [0.25, 0.3) is 0 Å². The van der Waals surface area contributed by atoms with Gasteiger partial charge in [0, 0.05) is 6.42 Å². The molecule has 0 aliphatic rings. The van der Waals surface area contributed by atoms with E-state index in [0.717, 1.165) is 34.5 Å². The molecule has 0 fully saturated rings. The zero-order valence-corrected chi connectivity index (χ0v) is 15.4. The molecule has 0 aliphatic heterocycles. The Bertz CT molecular complexity index is 680. The second-order valence-electron chi connectivity index (χ2n) is 5.30. The summed E-state index contributed by atoms with van der Waals surface area (Å²) in [6.45, 7) is 6.80. The predicted octanol–water partition coefficient (Wildman–Crippen LogP) is 4.19. The number of halogens is 1. The smallest absolute Gasteiger partial charge is 0.214 e. The second-order valence-corrected chi connectivity index (χ2v) is 6.54. The maximum atomic E-state index is 5.72. The van der Waals surface area contributed by atoms with Gasteiger partial charge in [0.1, 0.15) is 5.75 Å². The summed E-state index contributed by atoms with van der Waals surface area (Å²) in [6.07, 6.45) is 2.06. The van der Waals surface area contributed by atoms with Crippen LogP contribution in [0, 0.1) is 4.77 Å². The topological polar surface area (TPSA) is 54.9 Å². The van der Waals surface area contributed by atoms with Crippen molar-refractivity contribution in [1.82, 2.24) is 14.9 Å². The Balaban J connectivity index is 2.07. The van der Waals surface area contributed by atoms with Gasteiger partial charge in [-0.3, -0.25) is 5.10 Å².